The van der Waals surface area contributed by atoms with Crippen molar-refractivity contribution < 1.29 is 0 Å². The fourth-order valence-corrected chi connectivity index (χ4v) is 2.29. The molecule has 1 saturated carbocycles. The SMILES string of the molecule is Nc1ccc(NCCC2CCCC2)nc1N. The summed E-state index contributed by atoms with van der Waals surface area (Å²) in [4.78, 5) is 4.18. The van der Waals surface area contributed by atoms with Crippen LogP contribution < -0.4 is 16.8 Å². The van der Waals surface area contributed by atoms with E-state index in [1.807, 2.05) is 6.07 Å². The molecule has 0 amide bonds. The maximum absolute atomic E-state index is 5.64. The van der Waals surface area contributed by atoms with Gasteiger partial charge in [-0.3, -0.25) is 0 Å². The Bertz CT molecular complexity index is 345. The number of rotatable bonds is 4. The van der Waals surface area contributed by atoms with Crippen molar-refractivity contribution in [1.82, 2.24) is 4.98 Å². The summed E-state index contributed by atoms with van der Waals surface area (Å²) in [6.45, 7) is 0.973. The number of hydrogen-bond acceptors (Lipinski definition) is 4. The van der Waals surface area contributed by atoms with Crippen LogP contribution in [0.1, 0.15) is 32.1 Å². The van der Waals surface area contributed by atoms with E-state index in [2.05, 4.69) is 10.3 Å². The van der Waals surface area contributed by atoms with Crippen LogP contribution in [0.5, 0.6) is 0 Å². The number of nitrogen functional groups attached to an aromatic ring is 2. The molecule has 0 spiro atoms. The summed E-state index contributed by atoms with van der Waals surface area (Å²) in [5.41, 5.74) is 11.8. The fraction of sp³-hybridized carbons (Fsp3) is 0.583. The van der Waals surface area contributed by atoms with Gasteiger partial charge in [-0.15, -0.1) is 0 Å². The highest BCUT2D eigenvalue weighted by atomic mass is 15.0. The Morgan fingerprint density at radius 2 is 2.00 bits per heavy atom. The first-order chi connectivity index (χ1) is 7.75. The van der Waals surface area contributed by atoms with Gasteiger partial charge >= 0.3 is 0 Å². The fourth-order valence-electron chi connectivity index (χ4n) is 2.29. The first-order valence-corrected chi connectivity index (χ1v) is 6.01. The molecule has 0 radical (unpaired) electrons. The van der Waals surface area contributed by atoms with E-state index in [0.717, 1.165) is 18.3 Å². The third-order valence-corrected chi connectivity index (χ3v) is 3.29. The van der Waals surface area contributed by atoms with E-state index in [0.29, 0.717) is 11.5 Å². The number of anilines is 3. The number of nitrogens with zero attached hydrogens (tertiary/aromatic N) is 1. The highest BCUT2D eigenvalue weighted by Crippen LogP contribution is 2.27. The Labute approximate surface area is 96.4 Å². The zero-order valence-electron chi connectivity index (χ0n) is 9.58. The number of aromatic nitrogens is 1. The second-order valence-electron chi connectivity index (χ2n) is 4.54. The molecule has 4 heteroatoms. The van der Waals surface area contributed by atoms with Gasteiger partial charge in [0.2, 0.25) is 0 Å². The van der Waals surface area contributed by atoms with Crippen molar-refractivity contribution in [2.75, 3.05) is 23.3 Å². The topological polar surface area (TPSA) is 77.0 Å². The van der Waals surface area contributed by atoms with Gasteiger partial charge < -0.3 is 16.8 Å². The van der Waals surface area contributed by atoms with Gasteiger partial charge in [-0.2, -0.15) is 0 Å². The van der Waals surface area contributed by atoms with Crippen LogP contribution in [0.25, 0.3) is 0 Å². The minimum atomic E-state index is 0.408. The molecule has 88 valence electrons. The van der Waals surface area contributed by atoms with E-state index in [4.69, 9.17) is 11.5 Å². The minimum absolute atomic E-state index is 0.408. The molecule has 0 saturated heterocycles. The van der Waals surface area contributed by atoms with Crippen LogP contribution in [0.2, 0.25) is 0 Å². The number of pyridine rings is 1. The third kappa shape index (κ3) is 2.78. The lowest BCUT2D eigenvalue weighted by atomic mass is 10.0. The van der Waals surface area contributed by atoms with Crippen LogP contribution >= 0.6 is 0 Å². The maximum Gasteiger partial charge on any atom is 0.149 e. The van der Waals surface area contributed by atoms with Gasteiger partial charge in [0, 0.05) is 6.54 Å². The molecule has 0 atom stereocenters. The van der Waals surface area contributed by atoms with Gasteiger partial charge in [0.1, 0.15) is 11.6 Å². The smallest absolute Gasteiger partial charge is 0.149 e. The molecule has 1 fully saturated rings. The standard InChI is InChI=1S/C12H20N4/c13-10-5-6-11(16-12(10)14)15-8-7-9-3-1-2-4-9/h5-6,9H,1-4,7-8,13H2,(H3,14,15,16). The Hall–Kier alpha value is -1.45. The minimum Gasteiger partial charge on any atom is -0.396 e. The van der Waals surface area contributed by atoms with Crippen LogP contribution in [-0.2, 0) is 0 Å². The summed E-state index contributed by atoms with van der Waals surface area (Å²) in [6.07, 6.45) is 6.80. The van der Waals surface area contributed by atoms with Crippen molar-refractivity contribution in [1.29, 1.82) is 0 Å². The molecule has 5 N–H and O–H groups in total. The van der Waals surface area contributed by atoms with Crippen LogP contribution in [0.3, 0.4) is 0 Å². The molecule has 1 aliphatic rings. The highest BCUT2D eigenvalue weighted by Gasteiger charge is 2.14. The van der Waals surface area contributed by atoms with Crippen LogP contribution in [0.15, 0.2) is 12.1 Å². The summed E-state index contributed by atoms with van der Waals surface area (Å²) in [5.74, 6) is 2.13. The Balaban J connectivity index is 1.78. The Morgan fingerprint density at radius 1 is 1.25 bits per heavy atom. The largest absolute Gasteiger partial charge is 0.396 e. The van der Waals surface area contributed by atoms with Crippen LogP contribution in [-0.4, -0.2) is 11.5 Å². The molecule has 16 heavy (non-hydrogen) atoms. The average molecular weight is 220 g/mol. The lowest BCUT2D eigenvalue weighted by Crippen LogP contribution is -2.09. The van der Waals surface area contributed by atoms with Gasteiger partial charge in [-0.25, -0.2) is 4.98 Å². The van der Waals surface area contributed by atoms with Gasteiger partial charge in [-0.05, 0) is 24.5 Å². The van der Waals surface area contributed by atoms with E-state index >= 15 is 0 Å². The molecule has 1 heterocycles. The predicted molar refractivity (Wildman–Crippen MR) is 68.1 cm³/mol. The Kier molecular flexibility index (Phi) is 3.49. The summed E-state index contributed by atoms with van der Waals surface area (Å²) in [6, 6.07) is 3.67. The molecule has 1 aromatic heterocycles. The van der Waals surface area contributed by atoms with Gasteiger partial charge in [-0.1, -0.05) is 25.7 Å². The second kappa shape index (κ2) is 5.05. The summed E-state index contributed by atoms with van der Waals surface area (Å²) in [5, 5.41) is 3.29. The third-order valence-electron chi connectivity index (χ3n) is 3.29. The quantitative estimate of drug-likeness (QED) is 0.727. The normalized spacial score (nSPS) is 16.5. The molecule has 1 aliphatic carbocycles. The van der Waals surface area contributed by atoms with Crippen molar-refractivity contribution in [2.45, 2.75) is 32.1 Å². The van der Waals surface area contributed by atoms with Gasteiger partial charge in [0.25, 0.3) is 0 Å². The van der Waals surface area contributed by atoms with Crippen molar-refractivity contribution in [2.24, 2.45) is 5.92 Å². The Morgan fingerprint density at radius 3 is 2.69 bits per heavy atom. The van der Waals surface area contributed by atoms with E-state index in [1.165, 1.54) is 32.1 Å². The first kappa shape index (κ1) is 11.0. The molecule has 0 aromatic carbocycles. The van der Waals surface area contributed by atoms with E-state index in [1.54, 1.807) is 6.07 Å². The number of nitrogens with two attached hydrogens (primary N) is 2. The molecular weight excluding hydrogens is 200 g/mol. The van der Waals surface area contributed by atoms with E-state index in [-0.39, 0.29) is 0 Å². The highest BCUT2D eigenvalue weighted by molar-refractivity contribution is 5.61. The lowest BCUT2D eigenvalue weighted by molar-refractivity contribution is 0.518. The van der Waals surface area contributed by atoms with Crippen LogP contribution in [0, 0.1) is 5.92 Å². The van der Waals surface area contributed by atoms with Gasteiger partial charge in [0.05, 0.1) is 5.69 Å². The monoisotopic (exact) mass is 220 g/mol. The predicted octanol–water partition coefficient (Wildman–Crippen LogP) is 2.24. The molecule has 0 bridgehead atoms. The average Bonchev–Trinajstić information content (AvgIpc) is 2.76. The zero-order chi connectivity index (χ0) is 11.4. The second-order valence-corrected chi connectivity index (χ2v) is 4.54. The summed E-state index contributed by atoms with van der Waals surface area (Å²) in [7, 11) is 0. The van der Waals surface area contributed by atoms with Gasteiger partial charge in [0.15, 0.2) is 0 Å². The van der Waals surface area contributed by atoms with Crippen molar-refractivity contribution in [3.63, 3.8) is 0 Å². The number of nitrogens with one attached hydrogen (secondary N) is 1. The first-order valence-electron chi connectivity index (χ1n) is 6.01. The van der Waals surface area contributed by atoms with E-state index < -0.39 is 0 Å². The molecule has 2 rings (SSSR count). The molecular formula is C12H20N4. The molecule has 4 nitrogen and oxygen atoms in total. The van der Waals surface area contributed by atoms with Crippen molar-refractivity contribution in [3.05, 3.63) is 12.1 Å². The van der Waals surface area contributed by atoms with E-state index in [9.17, 15) is 0 Å². The summed E-state index contributed by atoms with van der Waals surface area (Å²) >= 11 is 0. The number of hydrogen-bond donors (Lipinski definition) is 3. The molecule has 0 unspecified atom stereocenters. The molecule has 0 aliphatic heterocycles. The molecule has 1 aromatic rings. The van der Waals surface area contributed by atoms with Crippen molar-refractivity contribution >= 4 is 17.3 Å². The maximum atomic E-state index is 5.64. The van der Waals surface area contributed by atoms with Crippen LogP contribution in [0.4, 0.5) is 17.3 Å². The van der Waals surface area contributed by atoms with Crippen molar-refractivity contribution in [3.8, 4) is 0 Å². The summed E-state index contributed by atoms with van der Waals surface area (Å²) < 4.78 is 0. The zero-order valence-corrected chi connectivity index (χ0v) is 9.58. The lowest BCUT2D eigenvalue weighted by Gasteiger charge is -2.10.